The number of methoxy groups -OCH3 is 2. The lowest BCUT2D eigenvalue weighted by atomic mass is 10.00. The van der Waals surface area contributed by atoms with Gasteiger partial charge in [-0.05, 0) is 60.9 Å². The second kappa shape index (κ2) is 10.1. The molecule has 7 nitrogen and oxygen atoms in total. The van der Waals surface area contributed by atoms with E-state index in [0.29, 0.717) is 39.6 Å². The molecule has 0 atom stereocenters. The molecule has 1 aliphatic carbocycles. The molecule has 3 aromatic carbocycles. The molecule has 4 N–H and O–H groups in total. The molecule has 0 heterocycles. The van der Waals surface area contributed by atoms with Crippen molar-refractivity contribution in [1.29, 1.82) is 0 Å². The summed E-state index contributed by atoms with van der Waals surface area (Å²) >= 11 is 0. The summed E-state index contributed by atoms with van der Waals surface area (Å²) in [7, 11) is 3.14. The summed E-state index contributed by atoms with van der Waals surface area (Å²) in [5, 5.41) is 5.86. The second-order valence-corrected chi connectivity index (χ2v) is 8.04. The van der Waals surface area contributed by atoms with Gasteiger partial charge in [-0.1, -0.05) is 24.3 Å². The lowest BCUT2D eigenvalue weighted by molar-refractivity contribution is -0.115. The normalized spacial score (nSPS) is 13.2. The van der Waals surface area contributed by atoms with Crippen LogP contribution in [0.1, 0.15) is 34.3 Å². The summed E-state index contributed by atoms with van der Waals surface area (Å²) in [6, 6.07) is 19.6. The molecule has 34 heavy (non-hydrogen) atoms. The Morgan fingerprint density at radius 2 is 1.71 bits per heavy atom. The third-order valence-electron chi connectivity index (χ3n) is 5.55. The van der Waals surface area contributed by atoms with E-state index in [9.17, 15) is 9.59 Å². The summed E-state index contributed by atoms with van der Waals surface area (Å²) in [6.07, 6.45) is 3.75. The average Bonchev–Trinajstić information content (AvgIpc) is 3.68. The minimum Gasteiger partial charge on any atom is -0.497 e. The van der Waals surface area contributed by atoms with E-state index in [4.69, 9.17) is 15.2 Å². The first-order chi connectivity index (χ1) is 16.5. The highest BCUT2D eigenvalue weighted by molar-refractivity contribution is 6.25. The summed E-state index contributed by atoms with van der Waals surface area (Å²) in [5.74, 6) is 0.731. The van der Waals surface area contributed by atoms with Crippen molar-refractivity contribution in [3.8, 4) is 11.5 Å². The van der Waals surface area contributed by atoms with Crippen LogP contribution in [0.25, 0.3) is 11.6 Å². The summed E-state index contributed by atoms with van der Waals surface area (Å²) in [6.45, 7) is 0. The molecule has 1 saturated carbocycles. The van der Waals surface area contributed by atoms with E-state index in [1.54, 1.807) is 74.9 Å². The number of anilines is 2. The van der Waals surface area contributed by atoms with E-state index in [0.717, 1.165) is 18.4 Å². The molecule has 4 rings (SSSR count). The van der Waals surface area contributed by atoms with Crippen LogP contribution >= 0.6 is 0 Å². The molecule has 0 spiro atoms. The minimum atomic E-state index is -0.267. The molecular weight excluding hydrogens is 430 g/mol. The molecule has 0 unspecified atom stereocenters. The van der Waals surface area contributed by atoms with Crippen LogP contribution in [0.15, 0.2) is 66.7 Å². The zero-order chi connectivity index (χ0) is 24.1. The highest BCUT2D eigenvalue weighted by atomic mass is 16.5. The largest absolute Gasteiger partial charge is 0.497 e. The summed E-state index contributed by atoms with van der Waals surface area (Å²) < 4.78 is 10.8. The Labute approximate surface area is 198 Å². The summed E-state index contributed by atoms with van der Waals surface area (Å²) in [5.41, 5.74) is 9.34. The third kappa shape index (κ3) is 5.38. The third-order valence-corrected chi connectivity index (χ3v) is 5.55. The van der Waals surface area contributed by atoms with Crippen LogP contribution in [0.2, 0.25) is 0 Å². The van der Waals surface area contributed by atoms with Gasteiger partial charge < -0.3 is 25.8 Å². The molecule has 0 aromatic heterocycles. The average molecular weight is 458 g/mol. The zero-order valence-corrected chi connectivity index (χ0v) is 19.1. The molecule has 0 radical (unpaired) electrons. The number of nitrogen functional groups attached to an aromatic ring is 1. The molecule has 3 aromatic rings. The Bertz CT molecular complexity index is 1230. The fourth-order valence-corrected chi connectivity index (χ4v) is 3.48. The number of ether oxygens (including phenoxy) is 2. The molecule has 174 valence electrons. The standard InChI is InChI=1S/C27H27N3O4/c1-33-20-13-14-21(25(16-20)34-2)22(27(32)29-19-11-12-19)15-17-7-9-18(10-8-17)26(31)30-24-6-4-3-5-23(24)28/h3-10,13-16,19H,11-12,28H2,1-2H3,(H,29,32)(H,30,31)/b22-15+. The van der Waals surface area contributed by atoms with Crippen molar-refractivity contribution in [2.45, 2.75) is 18.9 Å². The number of benzene rings is 3. The van der Waals surface area contributed by atoms with Crippen molar-refractivity contribution in [3.63, 3.8) is 0 Å². The maximum absolute atomic E-state index is 13.1. The molecular formula is C27H27N3O4. The number of hydrogen-bond acceptors (Lipinski definition) is 5. The van der Waals surface area contributed by atoms with Crippen LogP contribution in [0.4, 0.5) is 11.4 Å². The zero-order valence-electron chi connectivity index (χ0n) is 19.1. The fourth-order valence-electron chi connectivity index (χ4n) is 3.48. The molecule has 7 heteroatoms. The summed E-state index contributed by atoms with van der Waals surface area (Å²) in [4.78, 5) is 25.7. The van der Waals surface area contributed by atoms with Gasteiger partial charge in [-0.25, -0.2) is 0 Å². The molecule has 2 amide bonds. The van der Waals surface area contributed by atoms with Crippen LogP contribution in [0.3, 0.4) is 0 Å². The van der Waals surface area contributed by atoms with E-state index < -0.39 is 0 Å². The number of para-hydroxylation sites is 2. The number of carbonyl (C=O) groups is 2. The van der Waals surface area contributed by atoms with Crippen molar-refractivity contribution in [1.82, 2.24) is 5.32 Å². The second-order valence-electron chi connectivity index (χ2n) is 8.04. The van der Waals surface area contributed by atoms with Crippen LogP contribution in [0.5, 0.6) is 11.5 Å². The smallest absolute Gasteiger partial charge is 0.255 e. The van der Waals surface area contributed by atoms with Crippen molar-refractivity contribution in [3.05, 3.63) is 83.4 Å². The first kappa shape index (κ1) is 22.9. The molecule has 1 aliphatic rings. The van der Waals surface area contributed by atoms with Gasteiger partial charge in [0.05, 0.1) is 31.2 Å². The van der Waals surface area contributed by atoms with Crippen molar-refractivity contribution < 1.29 is 19.1 Å². The Morgan fingerprint density at radius 3 is 2.35 bits per heavy atom. The maximum atomic E-state index is 13.1. The lowest BCUT2D eigenvalue weighted by Gasteiger charge is -2.14. The fraction of sp³-hybridized carbons (Fsp3) is 0.185. The molecule has 0 aliphatic heterocycles. The number of nitrogens with two attached hydrogens (primary N) is 1. The van der Waals surface area contributed by atoms with Gasteiger partial charge in [-0.3, -0.25) is 9.59 Å². The van der Waals surface area contributed by atoms with Gasteiger partial charge in [0.15, 0.2) is 0 Å². The number of rotatable bonds is 8. The lowest BCUT2D eigenvalue weighted by Crippen LogP contribution is -2.26. The Morgan fingerprint density at radius 1 is 0.971 bits per heavy atom. The SMILES string of the molecule is COc1ccc(/C(=C\c2ccc(C(=O)Nc3ccccc3N)cc2)C(=O)NC2CC2)c(OC)c1. The minimum absolute atomic E-state index is 0.174. The van der Waals surface area contributed by atoms with Crippen molar-refractivity contribution in [2.75, 3.05) is 25.3 Å². The van der Waals surface area contributed by atoms with Gasteiger partial charge >= 0.3 is 0 Å². The Balaban J connectivity index is 1.62. The Hall–Kier alpha value is -4.26. The van der Waals surface area contributed by atoms with Crippen LogP contribution in [-0.4, -0.2) is 32.1 Å². The van der Waals surface area contributed by atoms with Gasteiger partial charge in [0.1, 0.15) is 11.5 Å². The van der Waals surface area contributed by atoms with E-state index >= 15 is 0 Å². The Kier molecular flexibility index (Phi) is 6.82. The van der Waals surface area contributed by atoms with Gasteiger partial charge in [-0.15, -0.1) is 0 Å². The van der Waals surface area contributed by atoms with Crippen LogP contribution in [0, 0.1) is 0 Å². The number of nitrogens with one attached hydrogen (secondary N) is 2. The number of amides is 2. The highest BCUT2D eigenvalue weighted by Crippen LogP contribution is 2.32. The number of carbonyl (C=O) groups excluding carboxylic acids is 2. The predicted octanol–water partition coefficient (Wildman–Crippen LogP) is 4.36. The van der Waals surface area contributed by atoms with Crippen molar-refractivity contribution in [2.24, 2.45) is 0 Å². The van der Waals surface area contributed by atoms with Gasteiger partial charge in [0.2, 0.25) is 0 Å². The van der Waals surface area contributed by atoms with Crippen LogP contribution in [-0.2, 0) is 4.79 Å². The monoisotopic (exact) mass is 457 g/mol. The first-order valence-corrected chi connectivity index (χ1v) is 11.0. The van der Waals surface area contributed by atoms with Gasteiger partial charge in [0.25, 0.3) is 11.8 Å². The van der Waals surface area contributed by atoms with Gasteiger partial charge in [0, 0.05) is 23.2 Å². The quantitative estimate of drug-likeness (QED) is 0.265. The molecule has 1 fully saturated rings. The predicted molar refractivity (Wildman–Crippen MR) is 134 cm³/mol. The van der Waals surface area contributed by atoms with Crippen molar-refractivity contribution >= 4 is 34.8 Å². The molecule has 0 bridgehead atoms. The number of hydrogen-bond donors (Lipinski definition) is 3. The molecule has 0 saturated heterocycles. The highest BCUT2D eigenvalue weighted by Gasteiger charge is 2.26. The van der Waals surface area contributed by atoms with E-state index in [-0.39, 0.29) is 17.9 Å². The van der Waals surface area contributed by atoms with Gasteiger partial charge in [-0.2, -0.15) is 0 Å². The first-order valence-electron chi connectivity index (χ1n) is 11.0. The van der Waals surface area contributed by atoms with E-state index in [2.05, 4.69) is 10.6 Å². The van der Waals surface area contributed by atoms with Crippen LogP contribution < -0.4 is 25.8 Å². The maximum Gasteiger partial charge on any atom is 0.255 e. The topological polar surface area (TPSA) is 103 Å². The van der Waals surface area contributed by atoms with E-state index in [1.165, 1.54) is 0 Å². The van der Waals surface area contributed by atoms with E-state index in [1.807, 2.05) is 12.1 Å².